The first kappa shape index (κ1) is 10.5. The minimum Gasteiger partial charge on any atom is -0.369 e. The van der Waals surface area contributed by atoms with Crippen molar-refractivity contribution in [1.82, 2.24) is 5.32 Å². The van der Waals surface area contributed by atoms with Crippen molar-refractivity contribution in [1.29, 1.82) is 0 Å². The van der Waals surface area contributed by atoms with Gasteiger partial charge in [0.2, 0.25) is 5.91 Å². The van der Waals surface area contributed by atoms with Crippen LogP contribution in [0.2, 0.25) is 0 Å². The van der Waals surface area contributed by atoms with Crippen LogP contribution in [0.5, 0.6) is 0 Å². The quantitative estimate of drug-likeness (QED) is 0.684. The highest BCUT2D eigenvalue weighted by Crippen LogP contribution is 2.29. The Bertz CT molecular complexity index is 183. The Morgan fingerprint density at radius 3 is 2.46 bits per heavy atom. The molecule has 0 aromatic rings. The average molecular weight is 184 g/mol. The molecular weight excluding hydrogens is 164 g/mol. The van der Waals surface area contributed by atoms with Gasteiger partial charge in [0.15, 0.2) is 0 Å². The lowest BCUT2D eigenvalue weighted by Crippen LogP contribution is -2.36. The van der Waals surface area contributed by atoms with Gasteiger partial charge >= 0.3 is 0 Å². The Kier molecular flexibility index (Phi) is 3.31. The van der Waals surface area contributed by atoms with Crippen molar-refractivity contribution in [3.05, 3.63) is 0 Å². The molecule has 0 unspecified atom stereocenters. The molecule has 0 atom stereocenters. The van der Waals surface area contributed by atoms with Gasteiger partial charge in [0.05, 0.1) is 0 Å². The molecule has 1 aliphatic rings. The van der Waals surface area contributed by atoms with Crippen molar-refractivity contribution in [3.8, 4) is 0 Å². The molecule has 1 amide bonds. The lowest BCUT2D eigenvalue weighted by molar-refractivity contribution is -0.126. The number of rotatable bonds is 3. The van der Waals surface area contributed by atoms with Crippen LogP contribution in [0, 0.1) is 11.3 Å². The molecule has 13 heavy (non-hydrogen) atoms. The number of hydrogen-bond acceptors (Lipinski definition) is 2. The average Bonchev–Trinajstić information content (AvgIpc) is 2.05. The van der Waals surface area contributed by atoms with E-state index in [1.807, 2.05) is 13.8 Å². The van der Waals surface area contributed by atoms with Crippen LogP contribution in [0.25, 0.3) is 0 Å². The molecule has 1 rings (SSSR count). The van der Waals surface area contributed by atoms with E-state index < -0.39 is 0 Å². The summed E-state index contributed by atoms with van der Waals surface area (Å²) in [5, 5.41) is 3.31. The van der Waals surface area contributed by atoms with Crippen molar-refractivity contribution >= 4 is 5.91 Å². The zero-order valence-electron chi connectivity index (χ0n) is 8.60. The molecule has 0 aliphatic carbocycles. The van der Waals surface area contributed by atoms with Crippen LogP contribution in [0.4, 0.5) is 0 Å². The summed E-state index contributed by atoms with van der Waals surface area (Å²) in [6, 6.07) is 0. The molecule has 0 aromatic heterocycles. The molecule has 1 saturated heterocycles. The van der Waals surface area contributed by atoms with Crippen LogP contribution in [0.15, 0.2) is 0 Å². The molecule has 0 aromatic carbocycles. The van der Waals surface area contributed by atoms with E-state index in [0.29, 0.717) is 5.92 Å². The molecule has 76 valence electrons. The number of nitrogens with one attached hydrogen (secondary N) is 1. The Labute approximate surface area is 80.1 Å². The van der Waals surface area contributed by atoms with Gasteiger partial charge in [-0.05, 0) is 38.3 Å². The summed E-state index contributed by atoms with van der Waals surface area (Å²) in [4.78, 5) is 11.1. The summed E-state index contributed by atoms with van der Waals surface area (Å²) in [6.07, 6.45) is 3.29. The molecule has 0 saturated carbocycles. The number of carbonyl (C=O) groups excluding carboxylic acids is 1. The fraction of sp³-hybridized carbons (Fsp3) is 0.900. The highest BCUT2D eigenvalue weighted by atomic mass is 16.1. The van der Waals surface area contributed by atoms with Crippen molar-refractivity contribution in [2.75, 3.05) is 13.1 Å². The lowest BCUT2D eigenvalue weighted by atomic mass is 9.79. The SMILES string of the molecule is CC(C)(CC1CCNCC1)C(N)=O. The first-order valence-electron chi connectivity index (χ1n) is 5.03. The number of piperidine rings is 1. The van der Waals surface area contributed by atoms with Gasteiger partial charge in [-0.25, -0.2) is 0 Å². The fourth-order valence-corrected chi connectivity index (χ4v) is 1.91. The van der Waals surface area contributed by atoms with Gasteiger partial charge in [-0.3, -0.25) is 4.79 Å². The second-order valence-corrected chi connectivity index (χ2v) is 4.65. The number of carbonyl (C=O) groups is 1. The summed E-state index contributed by atoms with van der Waals surface area (Å²) in [5.41, 5.74) is 5.00. The van der Waals surface area contributed by atoms with Crippen LogP contribution in [0.1, 0.15) is 33.1 Å². The third-order valence-electron chi connectivity index (χ3n) is 2.92. The maximum atomic E-state index is 11.1. The van der Waals surface area contributed by atoms with Crippen molar-refractivity contribution in [3.63, 3.8) is 0 Å². The van der Waals surface area contributed by atoms with E-state index in [4.69, 9.17) is 5.73 Å². The Balaban J connectivity index is 2.41. The molecule has 0 spiro atoms. The van der Waals surface area contributed by atoms with E-state index in [2.05, 4.69) is 5.32 Å². The monoisotopic (exact) mass is 184 g/mol. The zero-order valence-corrected chi connectivity index (χ0v) is 8.60. The number of hydrogen-bond donors (Lipinski definition) is 2. The summed E-state index contributed by atoms with van der Waals surface area (Å²) < 4.78 is 0. The highest BCUT2D eigenvalue weighted by Gasteiger charge is 2.29. The molecule has 3 heteroatoms. The summed E-state index contributed by atoms with van der Waals surface area (Å²) in [7, 11) is 0. The van der Waals surface area contributed by atoms with Gasteiger partial charge in [0, 0.05) is 5.41 Å². The molecule has 0 bridgehead atoms. The van der Waals surface area contributed by atoms with E-state index in [1.54, 1.807) is 0 Å². The largest absolute Gasteiger partial charge is 0.369 e. The van der Waals surface area contributed by atoms with Crippen LogP contribution in [-0.4, -0.2) is 19.0 Å². The maximum Gasteiger partial charge on any atom is 0.223 e. The predicted octanol–water partition coefficient (Wildman–Crippen LogP) is 0.888. The minimum absolute atomic E-state index is 0.175. The highest BCUT2D eigenvalue weighted by molar-refractivity contribution is 5.79. The number of amides is 1. The molecule has 3 nitrogen and oxygen atoms in total. The maximum absolute atomic E-state index is 11.1. The van der Waals surface area contributed by atoms with Crippen LogP contribution in [0.3, 0.4) is 0 Å². The van der Waals surface area contributed by atoms with Crippen LogP contribution < -0.4 is 11.1 Å². The molecule has 1 heterocycles. The standard InChI is InChI=1S/C10H20N2O/c1-10(2,9(11)13)7-8-3-5-12-6-4-8/h8,12H,3-7H2,1-2H3,(H2,11,13). The lowest BCUT2D eigenvalue weighted by Gasteiger charge is -2.29. The molecule has 3 N–H and O–H groups in total. The Morgan fingerprint density at radius 1 is 1.46 bits per heavy atom. The van der Waals surface area contributed by atoms with Crippen molar-refractivity contribution in [2.24, 2.45) is 17.1 Å². The van der Waals surface area contributed by atoms with E-state index in [9.17, 15) is 4.79 Å². The van der Waals surface area contributed by atoms with Gasteiger partial charge in [0.1, 0.15) is 0 Å². The molecular formula is C10H20N2O. The summed E-state index contributed by atoms with van der Waals surface area (Å²) in [5.74, 6) is 0.495. The van der Waals surface area contributed by atoms with E-state index >= 15 is 0 Å². The number of nitrogens with two attached hydrogens (primary N) is 1. The minimum atomic E-state index is -0.331. The predicted molar refractivity (Wildman–Crippen MR) is 53.2 cm³/mol. The van der Waals surface area contributed by atoms with Gasteiger partial charge in [0.25, 0.3) is 0 Å². The second-order valence-electron chi connectivity index (χ2n) is 4.65. The summed E-state index contributed by atoms with van der Waals surface area (Å²) >= 11 is 0. The molecule has 1 fully saturated rings. The Hall–Kier alpha value is -0.570. The van der Waals surface area contributed by atoms with Crippen molar-refractivity contribution < 1.29 is 4.79 Å². The van der Waals surface area contributed by atoms with Gasteiger partial charge < -0.3 is 11.1 Å². The topological polar surface area (TPSA) is 55.1 Å². The zero-order chi connectivity index (χ0) is 9.90. The summed E-state index contributed by atoms with van der Waals surface area (Å²) in [6.45, 7) is 6.05. The van der Waals surface area contributed by atoms with E-state index in [0.717, 1.165) is 19.5 Å². The third-order valence-corrected chi connectivity index (χ3v) is 2.92. The van der Waals surface area contributed by atoms with Crippen molar-refractivity contribution in [2.45, 2.75) is 33.1 Å². The van der Waals surface area contributed by atoms with Gasteiger partial charge in [-0.15, -0.1) is 0 Å². The first-order chi connectivity index (χ1) is 6.02. The first-order valence-corrected chi connectivity index (χ1v) is 5.03. The smallest absolute Gasteiger partial charge is 0.223 e. The van der Waals surface area contributed by atoms with E-state index in [1.165, 1.54) is 12.8 Å². The normalized spacial score (nSPS) is 20.2. The molecule has 0 radical (unpaired) electrons. The van der Waals surface area contributed by atoms with Crippen LogP contribution >= 0.6 is 0 Å². The second kappa shape index (κ2) is 4.09. The Morgan fingerprint density at radius 2 is 2.00 bits per heavy atom. The van der Waals surface area contributed by atoms with Gasteiger partial charge in [-0.2, -0.15) is 0 Å². The fourth-order valence-electron chi connectivity index (χ4n) is 1.91. The van der Waals surface area contributed by atoms with E-state index in [-0.39, 0.29) is 11.3 Å². The molecule has 1 aliphatic heterocycles. The van der Waals surface area contributed by atoms with Crippen LogP contribution in [-0.2, 0) is 4.79 Å². The van der Waals surface area contributed by atoms with Gasteiger partial charge in [-0.1, -0.05) is 13.8 Å². The third kappa shape index (κ3) is 2.99. The number of primary amides is 1.